The Kier molecular flexibility index (Phi) is 6.49. The lowest BCUT2D eigenvalue weighted by atomic mass is 9.91. The zero-order valence-electron chi connectivity index (χ0n) is 12.3. The van der Waals surface area contributed by atoms with E-state index < -0.39 is 17.4 Å². The number of carbonyl (C=O) groups excluding carboxylic acids is 2. The molecule has 0 saturated carbocycles. The van der Waals surface area contributed by atoms with Gasteiger partial charge in [-0.1, -0.05) is 13.0 Å². The summed E-state index contributed by atoms with van der Waals surface area (Å²) in [6, 6.07) is 6.78. The van der Waals surface area contributed by atoms with Gasteiger partial charge in [-0.25, -0.2) is 4.79 Å². The highest BCUT2D eigenvalue weighted by molar-refractivity contribution is 6.18. The van der Waals surface area contributed by atoms with E-state index >= 15 is 0 Å². The van der Waals surface area contributed by atoms with E-state index in [9.17, 15) is 9.59 Å². The number of anilines is 1. The van der Waals surface area contributed by atoms with Crippen molar-refractivity contribution in [3.8, 4) is 0 Å². The second-order valence-corrected chi connectivity index (χ2v) is 5.04. The van der Waals surface area contributed by atoms with E-state index in [-0.39, 0.29) is 0 Å². The summed E-state index contributed by atoms with van der Waals surface area (Å²) in [5.41, 5.74) is 5.64. The summed E-state index contributed by atoms with van der Waals surface area (Å²) >= 11 is 5.78. The van der Waals surface area contributed by atoms with Crippen molar-refractivity contribution in [1.82, 2.24) is 0 Å². The molecule has 0 fully saturated rings. The van der Waals surface area contributed by atoms with E-state index in [1.54, 1.807) is 31.2 Å². The molecule has 5 nitrogen and oxygen atoms in total. The fourth-order valence-corrected chi connectivity index (χ4v) is 2.39. The quantitative estimate of drug-likeness (QED) is 0.571. The molecule has 0 bridgehead atoms. The summed E-state index contributed by atoms with van der Waals surface area (Å²) in [4.78, 5) is 23.5. The van der Waals surface area contributed by atoms with Crippen molar-refractivity contribution >= 4 is 29.2 Å². The molecule has 0 aromatic heterocycles. The van der Waals surface area contributed by atoms with Crippen molar-refractivity contribution < 1.29 is 14.3 Å². The van der Waals surface area contributed by atoms with Crippen LogP contribution in [-0.4, -0.2) is 29.9 Å². The number of halogens is 1. The van der Waals surface area contributed by atoms with Crippen LogP contribution in [0.3, 0.4) is 0 Å². The van der Waals surface area contributed by atoms with Gasteiger partial charge < -0.3 is 15.8 Å². The number of carbonyl (C=O) groups is 2. The largest absolute Gasteiger partial charge is 0.462 e. The maximum Gasteiger partial charge on any atom is 0.338 e. The summed E-state index contributed by atoms with van der Waals surface area (Å²) in [5, 5.41) is 3.11. The minimum Gasteiger partial charge on any atom is -0.462 e. The van der Waals surface area contributed by atoms with Crippen LogP contribution in [0.4, 0.5) is 5.69 Å². The Hall–Kier alpha value is -1.75. The van der Waals surface area contributed by atoms with Gasteiger partial charge in [0.1, 0.15) is 5.54 Å². The normalized spacial score (nSPS) is 13.3. The molecule has 0 aliphatic carbocycles. The molecule has 6 heteroatoms. The number of hydrogen-bond donors (Lipinski definition) is 2. The predicted molar refractivity (Wildman–Crippen MR) is 83.6 cm³/mol. The third-order valence-corrected chi connectivity index (χ3v) is 3.54. The van der Waals surface area contributed by atoms with Gasteiger partial charge in [-0.2, -0.15) is 0 Å². The lowest BCUT2D eigenvalue weighted by Crippen LogP contribution is -2.50. The Morgan fingerprint density at radius 2 is 2.10 bits per heavy atom. The van der Waals surface area contributed by atoms with Crippen molar-refractivity contribution in [2.45, 2.75) is 32.2 Å². The summed E-state index contributed by atoms with van der Waals surface area (Å²) in [7, 11) is 0. The highest BCUT2D eigenvalue weighted by Gasteiger charge is 2.34. The monoisotopic (exact) mass is 312 g/mol. The molecule has 3 N–H and O–H groups in total. The van der Waals surface area contributed by atoms with E-state index in [0.29, 0.717) is 36.6 Å². The first-order valence-corrected chi connectivity index (χ1v) is 7.43. The lowest BCUT2D eigenvalue weighted by Gasteiger charge is -2.31. The molecule has 21 heavy (non-hydrogen) atoms. The van der Waals surface area contributed by atoms with Crippen LogP contribution in [0.25, 0.3) is 0 Å². The highest BCUT2D eigenvalue weighted by atomic mass is 35.5. The van der Waals surface area contributed by atoms with Gasteiger partial charge in [-0.15, -0.1) is 11.6 Å². The third kappa shape index (κ3) is 4.36. The molecule has 1 rings (SSSR count). The van der Waals surface area contributed by atoms with Gasteiger partial charge in [0.25, 0.3) is 0 Å². The number of amides is 1. The standard InChI is InChI=1S/C15H21ClN2O3/c1-3-15(8-9-16,14(17)20)18-12-7-5-6-11(10-12)13(19)21-4-2/h5-7,10,18H,3-4,8-9H2,1-2H3,(H2,17,20). The minimum atomic E-state index is -0.922. The molecule has 1 aromatic carbocycles. The van der Waals surface area contributed by atoms with Gasteiger partial charge in [0, 0.05) is 11.6 Å². The number of hydrogen-bond acceptors (Lipinski definition) is 4. The van der Waals surface area contributed by atoms with Gasteiger partial charge in [0.15, 0.2) is 0 Å². The van der Waals surface area contributed by atoms with Crippen LogP contribution in [0.2, 0.25) is 0 Å². The van der Waals surface area contributed by atoms with E-state index in [0.717, 1.165) is 0 Å². The third-order valence-electron chi connectivity index (χ3n) is 3.35. The molecule has 0 radical (unpaired) electrons. The zero-order chi connectivity index (χ0) is 15.9. The van der Waals surface area contributed by atoms with Gasteiger partial charge in [-0.05, 0) is 38.0 Å². The molecular weight excluding hydrogens is 292 g/mol. The van der Waals surface area contributed by atoms with Crippen LogP contribution < -0.4 is 11.1 Å². The number of nitrogens with one attached hydrogen (secondary N) is 1. The molecule has 1 atom stereocenters. The zero-order valence-corrected chi connectivity index (χ0v) is 13.1. The molecule has 0 saturated heterocycles. The SMILES string of the molecule is CCOC(=O)c1cccc(NC(CC)(CCCl)C(N)=O)c1. The van der Waals surface area contributed by atoms with Gasteiger partial charge >= 0.3 is 5.97 Å². The Morgan fingerprint density at radius 3 is 2.62 bits per heavy atom. The Bertz CT molecular complexity index is 507. The highest BCUT2D eigenvalue weighted by Crippen LogP contribution is 2.24. The smallest absolute Gasteiger partial charge is 0.338 e. The van der Waals surface area contributed by atoms with Crippen LogP contribution in [0.15, 0.2) is 24.3 Å². The summed E-state index contributed by atoms with van der Waals surface area (Å²) in [6.45, 7) is 3.91. The molecule has 1 amide bonds. The fraction of sp³-hybridized carbons (Fsp3) is 0.467. The number of rotatable bonds is 8. The molecule has 1 unspecified atom stereocenters. The first-order chi connectivity index (χ1) is 9.99. The first-order valence-electron chi connectivity index (χ1n) is 6.90. The Balaban J connectivity index is 3.02. The lowest BCUT2D eigenvalue weighted by molar-refractivity contribution is -0.122. The van der Waals surface area contributed by atoms with Gasteiger partial charge in [0.05, 0.1) is 12.2 Å². The number of primary amides is 1. The van der Waals surface area contributed by atoms with Crippen molar-refractivity contribution in [2.75, 3.05) is 17.8 Å². The van der Waals surface area contributed by atoms with Crippen LogP contribution in [0, 0.1) is 0 Å². The fourth-order valence-electron chi connectivity index (χ4n) is 2.06. The van der Waals surface area contributed by atoms with Crippen LogP contribution in [0.5, 0.6) is 0 Å². The second-order valence-electron chi connectivity index (χ2n) is 4.67. The molecule has 0 aliphatic heterocycles. The number of alkyl halides is 1. The molecule has 116 valence electrons. The number of nitrogens with two attached hydrogens (primary N) is 1. The predicted octanol–water partition coefficient (Wildman–Crippen LogP) is 2.54. The maximum absolute atomic E-state index is 11.8. The number of benzene rings is 1. The second kappa shape index (κ2) is 7.88. The van der Waals surface area contributed by atoms with Gasteiger partial charge in [0.2, 0.25) is 5.91 Å². The Morgan fingerprint density at radius 1 is 1.38 bits per heavy atom. The van der Waals surface area contributed by atoms with Crippen molar-refractivity contribution in [3.05, 3.63) is 29.8 Å². The molecule has 0 heterocycles. The van der Waals surface area contributed by atoms with Crippen LogP contribution >= 0.6 is 11.6 Å². The summed E-state index contributed by atoms with van der Waals surface area (Å²) in [5.74, 6) is -0.562. The first kappa shape index (κ1) is 17.3. The maximum atomic E-state index is 11.8. The van der Waals surface area contributed by atoms with Crippen LogP contribution in [0.1, 0.15) is 37.0 Å². The Labute approximate surface area is 129 Å². The van der Waals surface area contributed by atoms with E-state index in [1.165, 1.54) is 0 Å². The number of ether oxygens (including phenoxy) is 1. The average molecular weight is 313 g/mol. The molecule has 1 aromatic rings. The van der Waals surface area contributed by atoms with Crippen molar-refractivity contribution in [1.29, 1.82) is 0 Å². The van der Waals surface area contributed by atoms with Crippen molar-refractivity contribution in [2.24, 2.45) is 5.73 Å². The minimum absolute atomic E-state index is 0.307. The van der Waals surface area contributed by atoms with Crippen molar-refractivity contribution in [3.63, 3.8) is 0 Å². The van der Waals surface area contributed by atoms with E-state index in [2.05, 4.69) is 5.32 Å². The topological polar surface area (TPSA) is 81.4 Å². The number of esters is 1. The average Bonchev–Trinajstić information content (AvgIpc) is 2.47. The summed E-state index contributed by atoms with van der Waals surface area (Å²) in [6.07, 6.45) is 0.905. The van der Waals surface area contributed by atoms with E-state index in [1.807, 2.05) is 6.92 Å². The van der Waals surface area contributed by atoms with E-state index in [4.69, 9.17) is 22.1 Å². The molecular formula is C15H21ClN2O3. The van der Waals surface area contributed by atoms with Crippen LogP contribution in [-0.2, 0) is 9.53 Å². The van der Waals surface area contributed by atoms with Gasteiger partial charge in [-0.3, -0.25) is 4.79 Å². The molecule has 0 aliphatic rings. The summed E-state index contributed by atoms with van der Waals surface area (Å²) < 4.78 is 4.95. The molecule has 0 spiro atoms.